The number of rotatable bonds is 5. The molecule has 0 N–H and O–H groups in total. The van der Waals surface area contributed by atoms with Crippen molar-refractivity contribution in [3.8, 4) is 0 Å². The Hall–Kier alpha value is -1.73. The maximum absolute atomic E-state index is 11.4. The lowest BCUT2D eigenvalue weighted by Gasteiger charge is -2.10. The molecule has 0 atom stereocenters. The molecule has 20 heavy (non-hydrogen) atoms. The van der Waals surface area contributed by atoms with E-state index in [0.717, 1.165) is 4.90 Å². The van der Waals surface area contributed by atoms with Gasteiger partial charge in [0.15, 0.2) is 0 Å². The Kier molecular flexibility index (Phi) is 5.25. The second-order valence-corrected chi connectivity index (χ2v) is 5.97. The first-order valence-corrected chi connectivity index (χ1v) is 8.01. The molecule has 0 bridgehead atoms. The van der Waals surface area contributed by atoms with Crippen molar-refractivity contribution in [3.63, 3.8) is 0 Å². The van der Waals surface area contributed by atoms with Crippen LogP contribution < -0.4 is 0 Å². The van der Waals surface area contributed by atoms with Crippen LogP contribution in [0.1, 0.15) is 12.8 Å². The van der Waals surface area contributed by atoms with Gasteiger partial charge in [-0.1, -0.05) is 39.8 Å². The van der Waals surface area contributed by atoms with Crippen LogP contribution in [0, 0.1) is 0 Å². The van der Waals surface area contributed by atoms with Gasteiger partial charge in [0.25, 0.3) is 11.8 Å². The number of hydrogen-bond acceptors (Lipinski definition) is 6. The molecule has 7 heteroatoms. The molecule has 1 aliphatic rings. The maximum atomic E-state index is 11.4. The molecule has 0 radical (unpaired) electrons. The minimum atomic E-state index is -0.741. The van der Waals surface area contributed by atoms with E-state index in [4.69, 9.17) is 0 Å². The molecule has 1 aliphatic heterocycles. The monoisotopic (exact) mass is 309 g/mol. The summed E-state index contributed by atoms with van der Waals surface area (Å²) in [7, 11) is 2.82. The van der Waals surface area contributed by atoms with Gasteiger partial charge in [-0.25, -0.2) is 4.79 Å². The Morgan fingerprint density at radius 3 is 2.45 bits per heavy atom. The van der Waals surface area contributed by atoms with Gasteiger partial charge in [-0.05, 0) is 17.5 Å². The fourth-order valence-electron chi connectivity index (χ4n) is 1.42. The van der Waals surface area contributed by atoms with Crippen molar-refractivity contribution in [2.45, 2.75) is 17.7 Å². The highest BCUT2D eigenvalue weighted by Gasteiger charge is 2.32. The first-order valence-electron chi connectivity index (χ1n) is 5.79. The summed E-state index contributed by atoms with van der Waals surface area (Å²) in [5, 5.41) is 2.08. The van der Waals surface area contributed by atoms with Gasteiger partial charge >= 0.3 is 5.97 Å². The van der Waals surface area contributed by atoms with Crippen LogP contribution in [0.2, 0.25) is 0 Å². The third-order valence-electron chi connectivity index (χ3n) is 2.33. The highest BCUT2D eigenvalue weighted by atomic mass is 33.1. The van der Waals surface area contributed by atoms with Crippen LogP contribution in [-0.4, -0.2) is 22.8 Å². The Labute approximate surface area is 123 Å². The number of hydrogen-bond donors (Lipinski definition) is 0. The average Bonchev–Trinajstić information content (AvgIpc) is 2.77. The fourth-order valence-corrected chi connectivity index (χ4v) is 3.02. The lowest BCUT2D eigenvalue weighted by molar-refractivity contribution is -0.193. The topological polar surface area (TPSA) is 63.7 Å². The van der Waals surface area contributed by atoms with Crippen molar-refractivity contribution in [2.75, 3.05) is 0 Å². The van der Waals surface area contributed by atoms with E-state index in [9.17, 15) is 14.4 Å². The van der Waals surface area contributed by atoms with E-state index in [0.29, 0.717) is 5.06 Å². The van der Waals surface area contributed by atoms with Crippen molar-refractivity contribution >= 4 is 39.4 Å². The van der Waals surface area contributed by atoms with Gasteiger partial charge in [0.2, 0.25) is 0 Å². The fraction of sp³-hybridized carbons (Fsp3) is 0.154. The van der Waals surface area contributed by atoms with Gasteiger partial charge in [0.05, 0.1) is 0 Å². The van der Waals surface area contributed by atoms with Crippen LogP contribution in [0.3, 0.4) is 0 Å². The van der Waals surface area contributed by atoms with Crippen molar-refractivity contribution in [3.05, 3.63) is 41.8 Å². The van der Waals surface area contributed by atoms with E-state index in [1.165, 1.54) is 27.7 Å². The minimum Gasteiger partial charge on any atom is -0.326 e. The summed E-state index contributed by atoms with van der Waals surface area (Å²) in [4.78, 5) is 39.6. The lowest BCUT2D eigenvalue weighted by atomic mass is 10.4. The van der Waals surface area contributed by atoms with Crippen molar-refractivity contribution in [1.29, 1.82) is 0 Å². The lowest BCUT2D eigenvalue weighted by Crippen LogP contribution is -2.31. The highest BCUT2D eigenvalue weighted by Crippen LogP contribution is 2.31. The zero-order valence-corrected chi connectivity index (χ0v) is 12.0. The Morgan fingerprint density at radius 1 is 1.15 bits per heavy atom. The zero-order valence-electron chi connectivity index (χ0n) is 10.4. The number of imide groups is 1. The van der Waals surface area contributed by atoms with Crippen LogP contribution in [-0.2, 0) is 19.2 Å². The van der Waals surface area contributed by atoms with Gasteiger partial charge in [0.1, 0.15) is 0 Å². The molecular formula is C13H11NO4S2. The van der Waals surface area contributed by atoms with Crippen LogP contribution in [0.5, 0.6) is 0 Å². The molecule has 1 heterocycles. The Bertz CT molecular complexity index is 529. The first kappa shape index (κ1) is 14.7. The van der Waals surface area contributed by atoms with Gasteiger partial charge < -0.3 is 4.84 Å². The second kappa shape index (κ2) is 7.16. The van der Waals surface area contributed by atoms with Crippen LogP contribution in [0.25, 0.3) is 0 Å². The Balaban J connectivity index is 1.75. The van der Waals surface area contributed by atoms with Crippen LogP contribution in [0.4, 0.5) is 0 Å². The number of benzene rings is 1. The third-order valence-corrected chi connectivity index (χ3v) is 4.34. The van der Waals surface area contributed by atoms with Crippen LogP contribution in [0.15, 0.2) is 46.7 Å². The SMILES string of the molecule is O=C(/C=C/SSc1ccccc1)ON1C(=O)CCC1=O. The minimum absolute atomic E-state index is 0.0917. The summed E-state index contributed by atoms with van der Waals surface area (Å²) in [5.74, 6) is -1.71. The largest absolute Gasteiger partial charge is 0.357 e. The predicted molar refractivity (Wildman–Crippen MR) is 76.2 cm³/mol. The number of nitrogens with zero attached hydrogens (tertiary/aromatic N) is 1. The summed E-state index contributed by atoms with van der Waals surface area (Å²) in [6.45, 7) is 0. The van der Waals surface area contributed by atoms with Crippen molar-refractivity contribution in [2.24, 2.45) is 0 Å². The third kappa shape index (κ3) is 4.14. The smallest absolute Gasteiger partial charge is 0.326 e. The highest BCUT2D eigenvalue weighted by molar-refractivity contribution is 8.77. The summed E-state index contributed by atoms with van der Waals surface area (Å²) >= 11 is 0. The molecule has 5 nitrogen and oxygen atoms in total. The van der Waals surface area contributed by atoms with E-state index in [2.05, 4.69) is 4.84 Å². The van der Waals surface area contributed by atoms with E-state index < -0.39 is 17.8 Å². The number of hydroxylamine groups is 2. The van der Waals surface area contributed by atoms with Crippen molar-refractivity contribution < 1.29 is 19.2 Å². The molecule has 1 saturated heterocycles. The molecular weight excluding hydrogens is 298 g/mol. The standard InChI is InChI=1S/C13H11NO4S2/c15-11-6-7-12(16)14(11)18-13(17)8-9-19-20-10-4-2-1-3-5-10/h1-5,8-9H,6-7H2/b9-8+. The zero-order chi connectivity index (χ0) is 14.4. The molecule has 2 amide bonds. The number of amides is 2. The van der Waals surface area contributed by atoms with E-state index >= 15 is 0 Å². The summed E-state index contributed by atoms with van der Waals surface area (Å²) < 4.78 is 0. The Morgan fingerprint density at radius 2 is 1.80 bits per heavy atom. The molecule has 1 aromatic rings. The summed E-state index contributed by atoms with van der Waals surface area (Å²) in [6.07, 6.45) is 1.36. The van der Waals surface area contributed by atoms with Gasteiger partial charge in [0, 0.05) is 23.8 Å². The molecule has 1 aromatic carbocycles. The van der Waals surface area contributed by atoms with E-state index in [-0.39, 0.29) is 12.8 Å². The summed E-state index contributed by atoms with van der Waals surface area (Å²) in [6, 6.07) is 9.67. The molecule has 0 aliphatic carbocycles. The molecule has 0 saturated carbocycles. The maximum Gasteiger partial charge on any atom is 0.357 e. The normalized spacial score (nSPS) is 15.1. The predicted octanol–water partition coefficient (Wildman–Crippen LogP) is 2.55. The van der Waals surface area contributed by atoms with Gasteiger partial charge in [-0.15, -0.1) is 5.06 Å². The number of carbonyl (C=O) groups excluding carboxylic acids is 3. The molecule has 1 fully saturated rings. The summed E-state index contributed by atoms with van der Waals surface area (Å²) in [5.41, 5.74) is 0. The second-order valence-electron chi connectivity index (χ2n) is 3.79. The average molecular weight is 309 g/mol. The first-order chi connectivity index (χ1) is 9.66. The molecule has 0 spiro atoms. The molecule has 0 unspecified atom stereocenters. The van der Waals surface area contributed by atoms with E-state index in [1.54, 1.807) is 5.41 Å². The van der Waals surface area contributed by atoms with E-state index in [1.807, 2.05) is 30.3 Å². The molecule has 0 aromatic heterocycles. The van der Waals surface area contributed by atoms with Gasteiger partial charge in [-0.3, -0.25) is 9.59 Å². The molecule has 104 valence electrons. The number of carbonyl (C=O) groups is 3. The van der Waals surface area contributed by atoms with Crippen molar-refractivity contribution in [1.82, 2.24) is 5.06 Å². The molecule has 2 rings (SSSR count). The van der Waals surface area contributed by atoms with Gasteiger partial charge in [-0.2, -0.15) is 0 Å². The van der Waals surface area contributed by atoms with Crippen LogP contribution >= 0.6 is 21.6 Å². The quantitative estimate of drug-likeness (QED) is 0.473.